The van der Waals surface area contributed by atoms with E-state index in [4.69, 9.17) is 4.42 Å². The number of aryl methyl sites for hydroxylation is 1. The zero-order valence-corrected chi connectivity index (χ0v) is 23.7. The van der Waals surface area contributed by atoms with E-state index in [-0.39, 0.29) is 0 Å². The molecule has 0 aliphatic heterocycles. The number of hydrogen-bond acceptors (Lipinski definition) is 1. The number of furan rings is 1. The predicted molar refractivity (Wildman–Crippen MR) is 182 cm³/mol. The lowest BCUT2D eigenvalue weighted by Crippen LogP contribution is -1.93. The molecule has 0 bridgehead atoms. The standard InChI is InChI=1S/C42H28O/c1-2-10-27(11-3-1)28-18-20-29(21-19-28)41-33-14-6-8-16-35(33)42(36-17-9-7-15-34(36)41)32-22-23-39-37(25-32)38-24-30-12-4-5-13-31(30)26-40(38)43-39/h1-4,6-12,14-26H,5,13H2. The van der Waals surface area contributed by atoms with Crippen LogP contribution in [0.15, 0.2) is 144 Å². The molecule has 0 atom stereocenters. The zero-order chi connectivity index (χ0) is 28.3. The highest BCUT2D eigenvalue weighted by molar-refractivity contribution is 6.22. The van der Waals surface area contributed by atoms with Gasteiger partial charge in [0.25, 0.3) is 0 Å². The van der Waals surface area contributed by atoms with Gasteiger partial charge in [-0.15, -0.1) is 0 Å². The molecule has 1 heterocycles. The molecule has 0 saturated carbocycles. The van der Waals surface area contributed by atoms with Crippen molar-refractivity contribution >= 4 is 49.6 Å². The van der Waals surface area contributed by atoms with Crippen molar-refractivity contribution in [2.24, 2.45) is 0 Å². The van der Waals surface area contributed by atoms with Crippen molar-refractivity contribution in [2.75, 3.05) is 0 Å². The molecule has 9 rings (SSSR count). The molecule has 1 heteroatoms. The van der Waals surface area contributed by atoms with E-state index < -0.39 is 0 Å². The van der Waals surface area contributed by atoms with Crippen LogP contribution >= 0.6 is 0 Å². The molecule has 0 unspecified atom stereocenters. The third kappa shape index (κ3) is 3.86. The first-order valence-corrected chi connectivity index (χ1v) is 15.1. The molecule has 1 aliphatic rings. The Morgan fingerprint density at radius 2 is 0.977 bits per heavy atom. The van der Waals surface area contributed by atoms with E-state index in [1.54, 1.807) is 0 Å². The Hall–Kier alpha value is -5.40. The quantitative estimate of drug-likeness (QED) is 0.200. The lowest BCUT2D eigenvalue weighted by Gasteiger charge is -2.18. The maximum atomic E-state index is 6.38. The molecule has 0 radical (unpaired) electrons. The fourth-order valence-corrected chi connectivity index (χ4v) is 7.07. The van der Waals surface area contributed by atoms with Crippen LogP contribution in [0.2, 0.25) is 0 Å². The summed E-state index contributed by atoms with van der Waals surface area (Å²) in [6, 6.07) is 48.6. The van der Waals surface area contributed by atoms with E-state index in [2.05, 4.69) is 146 Å². The predicted octanol–water partition coefficient (Wildman–Crippen LogP) is 11.9. The van der Waals surface area contributed by atoms with E-state index in [9.17, 15) is 0 Å². The summed E-state index contributed by atoms with van der Waals surface area (Å²) >= 11 is 0. The normalized spacial score (nSPS) is 12.8. The number of fused-ring (bicyclic) bond motifs is 6. The second kappa shape index (κ2) is 9.58. The minimum absolute atomic E-state index is 0.939. The average molecular weight is 549 g/mol. The summed E-state index contributed by atoms with van der Waals surface area (Å²) in [6.07, 6.45) is 6.70. The molecule has 43 heavy (non-hydrogen) atoms. The second-order valence-corrected chi connectivity index (χ2v) is 11.6. The molecule has 0 amide bonds. The molecule has 0 fully saturated rings. The number of allylic oxidation sites excluding steroid dienone is 1. The first kappa shape index (κ1) is 24.2. The Kier molecular flexibility index (Phi) is 5.39. The van der Waals surface area contributed by atoms with Crippen molar-refractivity contribution in [1.82, 2.24) is 0 Å². The Morgan fingerprint density at radius 3 is 1.67 bits per heavy atom. The Morgan fingerprint density at radius 1 is 0.419 bits per heavy atom. The highest BCUT2D eigenvalue weighted by atomic mass is 16.3. The number of rotatable bonds is 3. The van der Waals surface area contributed by atoms with E-state index >= 15 is 0 Å². The van der Waals surface area contributed by atoms with Crippen LogP contribution in [0.25, 0.3) is 82.9 Å². The zero-order valence-electron chi connectivity index (χ0n) is 23.7. The Bertz CT molecular complexity index is 2310. The minimum atomic E-state index is 0.939. The highest BCUT2D eigenvalue weighted by Crippen LogP contribution is 2.45. The minimum Gasteiger partial charge on any atom is -0.456 e. The lowest BCUT2D eigenvalue weighted by molar-refractivity contribution is 0.668. The van der Waals surface area contributed by atoms with Gasteiger partial charge in [-0.3, -0.25) is 0 Å². The van der Waals surface area contributed by atoms with Gasteiger partial charge in [0.1, 0.15) is 11.2 Å². The van der Waals surface area contributed by atoms with Crippen LogP contribution in [0.4, 0.5) is 0 Å². The lowest BCUT2D eigenvalue weighted by atomic mass is 9.85. The van der Waals surface area contributed by atoms with Crippen molar-refractivity contribution in [3.05, 3.63) is 151 Å². The van der Waals surface area contributed by atoms with Crippen LogP contribution in [-0.4, -0.2) is 0 Å². The van der Waals surface area contributed by atoms with Crippen molar-refractivity contribution in [3.8, 4) is 33.4 Å². The molecular weight excluding hydrogens is 520 g/mol. The first-order chi connectivity index (χ1) is 21.3. The van der Waals surface area contributed by atoms with Crippen LogP contribution in [0.3, 0.4) is 0 Å². The van der Waals surface area contributed by atoms with Gasteiger partial charge in [-0.2, -0.15) is 0 Å². The largest absolute Gasteiger partial charge is 0.456 e. The van der Waals surface area contributed by atoms with Crippen molar-refractivity contribution < 1.29 is 4.42 Å². The van der Waals surface area contributed by atoms with Gasteiger partial charge in [0, 0.05) is 10.8 Å². The van der Waals surface area contributed by atoms with Crippen LogP contribution < -0.4 is 0 Å². The fraction of sp³-hybridized carbons (Fsp3) is 0.0476. The van der Waals surface area contributed by atoms with Crippen LogP contribution in [0.1, 0.15) is 17.5 Å². The van der Waals surface area contributed by atoms with Gasteiger partial charge in [-0.25, -0.2) is 0 Å². The molecule has 0 spiro atoms. The Labute approximate surface area is 250 Å². The summed E-state index contributed by atoms with van der Waals surface area (Å²) in [5, 5.41) is 7.40. The SMILES string of the molecule is C1=Cc2cc3c(cc2CC1)oc1ccc(-c2c4ccccc4c(-c4ccc(-c5ccccc5)cc4)c4ccccc24)cc13. The third-order valence-corrected chi connectivity index (χ3v) is 9.11. The van der Waals surface area contributed by atoms with Gasteiger partial charge in [-0.1, -0.05) is 121 Å². The summed E-state index contributed by atoms with van der Waals surface area (Å²) in [4.78, 5) is 0. The van der Waals surface area contributed by atoms with Crippen LogP contribution in [0, 0.1) is 0 Å². The van der Waals surface area contributed by atoms with Gasteiger partial charge < -0.3 is 4.42 Å². The van der Waals surface area contributed by atoms with Gasteiger partial charge in [-0.05, 0) is 103 Å². The first-order valence-electron chi connectivity index (χ1n) is 15.1. The summed E-state index contributed by atoms with van der Waals surface area (Å²) in [5.74, 6) is 0. The summed E-state index contributed by atoms with van der Waals surface area (Å²) < 4.78 is 6.38. The molecule has 0 saturated heterocycles. The highest BCUT2D eigenvalue weighted by Gasteiger charge is 2.18. The molecule has 8 aromatic rings. The molecule has 202 valence electrons. The fourth-order valence-electron chi connectivity index (χ4n) is 7.07. The van der Waals surface area contributed by atoms with Gasteiger partial charge >= 0.3 is 0 Å². The van der Waals surface area contributed by atoms with Gasteiger partial charge in [0.15, 0.2) is 0 Å². The van der Waals surface area contributed by atoms with Crippen molar-refractivity contribution in [1.29, 1.82) is 0 Å². The molecule has 1 nitrogen and oxygen atoms in total. The van der Waals surface area contributed by atoms with E-state index in [0.717, 1.165) is 24.0 Å². The molecule has 1 aromatic heterocycles. The molecule has 0 N–H and O–H groups in total. The number of benzene rings is 7. The average Bonchev–Trinajstić information content (AvgIpc) is 3.43. The summed E-state index contributed by atoms with van der Waals surface area (Å²) in [6.45, 7) is 0. The molecule has 7 aromatic carbocycles. The smallest absolute Gasteiger partial charge is 0.135 e. The van der Waals surface area contributed by atoms with E-state index in [0.29, 0.717) is 0 Å². The Balaban J connectivity index is 1.28. The summed E-state index contributed by atoms with van der Waals surface area (Å²) in [5.41, 5.74) is 12.1. The van der Waals surface area contributed by atoms with Gasteiger partial charge in [0.05, 0.1) is 0 Å². The number of hydrogen-bond donors (Lipinski definition) is 0. The molecule has 1 aliphatic carbocycles. The van der Waals surface area contributed by atoms with Crippen molar-refractivity contribution in [3.63, 3.8) is 0 Å². The second-order valence-electron chi connectivity index (χ2n) is 11.6. The van der Waals surface area contributed by atoms with Crippen LogP contribution in [0.5, 0.6) is 0 Å². The topological polar surface area (TPSA) is 13.1 Å². The maximum absolute atomic E-state index is 6.38. The van der Waals surface area contributed by atoms with Gasteiger partial charge in [0.2, 0.25) is 0 Å². The van der Waals surface area contributed by atoms with Crippen molar-refractivity contribution in [2.45, 2.75) is 12.8 Å². The third-order valence-electron chi connectivity index (χ3n) is 9.11. The van der Waals surface area contributed by atoms with E-state index in [1.807, 2.05) is 0 Å². The van der Waals surface area contributed by atoms with E-state index in [1.165, 1.54) is 76.8 Å². The maximum Gasteiger partial charge on any atom is 0.135 e. The molecular formula is C42H28O. The van der Waals surface area contributed by atoms with Crippen LogP contribution in [-0.2, 0) is 6.42 Å². The summed E-state index contributed by atoms with van der Waals surface area (Å²) in [7, 11) is 0. The monoisotopic (exact) mass is 548 g/mol.